The van der Waals surface area contributed by atoms with Gasteiger partial charge in [0.25, 0.3) is 0 Å². The second kappa shape index (κ2) is 21.3. The van der Waals surface area contributed by atoms with E-state index in [0.717, 1.165) is 148 Å². The minimum Gasteiger partial charge on any atom is -0.492 e. The zero-order valence-electron chi connectivity index (χ0n) is 44.9. The van der Waals surface area contributed by atoms with Gasteiger partial charge in [-0.1, -0.05) is 171 Å². The summed E-state index contributed by atoms with van der Waals surface area (Å²) >= 11 is 0. The van der Waals surface area contributed by atoms with Gasteiger partial charge in [0.1, 0.15) is 11.5 Å². The second-order valence-electron chi connectivity index (χ2n) is 20.5. The van der Waals surface area contributed by atoms with Crippen molar-refractivity contribution < 1.29 is 9.47 Å². The molecule has 374 valence electrons. The van der Waals surface area contributed by atoms with Crippen molar-refractivity contribution in [2.75, 3.05) is 13.2 Å². The maximum Gasteiger partial charge on any atom is 0.136 e. The molecule has 0 N–H and O–H groups in total. The lowest BCUT2D eigenvalue weighted by Crippen LogP contribution is -2.03. The number of aryl methyl sites for hydroxylation is 6. The Balaban J connectivity index is 1.08. The Morgan fingerprint density at radius 2 is 0.737 bits per heavy atom. The average molecular weight is 991 g/mol. The molecule has 5 aromatic carbocycles. The first-order valence-electron chi connectivity index (χ1n) is 26.9. The van der Waals surface area contributed by atoms with Crippen LogP contribution in [0.2, 0.25) is 0 Å². The van der Waals surface area contributed by atoms with E-state index in [1.165, 1.54) is 11.1 Å². The minimum absolute atomic E-state index is 0.137. The molecule has 0 bridgehead atoms. The van der Waals surface area contributed by atoms with E-state index in [0.29, 0.717) is 24.7 Å². The monoisotopic (exact) mass is 990 g/mol. The van der Waals surface area contributed by atoms with Crippen LogP contribution < -0.4 is 9.47 Å². The molecule has 6 nitrogen and oxygen atoms in total. The zero-order valence-corrected chi connectivity index (χ0v) is 44.9. The molecule has 9 aromatic rings. The van der Waals surface area contributed by atoms with Gasteiger partial charge in [-0.2, -0.15) is 0 Å². The molecule has 2 aliphatic rings. The molecule has 0 aliphatic heterocycles. The van der Waals surface area contributed by atoms with Crippen LogP contribution in [0.15, 0.2) is 146 Å². The summed E-state index contributed by atoms with van der Waals surface area (Å²) < 4.78 is 13.3. The Hall–Kier alpha value is -8.58. The van der Waals surface area contributed by atoms with Crippen LogP contribution in [0.3, 0.4) is 0 Å². The highest BCUT2D eigenvalue weighted by molar-refractivity contribution is 6.05. The van der Waals surface area contributed by atoms with E-state index in [2.05, 4.69) is 213 Å². The highest BCUT2D eigenvalue weighted by Crippen LogP contribution is 2.38. The minimum atomic E-state index is 0.137. The van der Waals surface area contributed by atoms with Crippen molar-refractivity contribution in [3.8, 4) is 57.7 Å². The number of allylic oxidation sites excluding steroid dienone is 8. The summed E-state index contributed by atoms with van der Waals surface area (Å²) in [5.41, 5.74) is 19.4. The van der Waals surface area contributed by atoms with Crippen LogP contribution in [0, 0.1) is 65.2 Å². The molecule has 0 unspecified atom stereocenters. The van der Waals surface area contributed by atoms with Gasteiger partial charge in [-0.05, 0) is 101 Å². The van der Waals surface area contributed by atoms with Crippen LogP contribution in [0.4, 0.5) is 0 Å². The molecule has 0 radical (unpaired) electrons. The predicted molar refractivity (Wildman–Crippen MR) is 315 cm³/mol. The number of pyridine rings is 4. The predicted octanol–water partition coefficient (Wildman–Crippen LogP) is 16.6. The van der Waals surface area contributed by atoms with Gasteiger partial charge in [-0.15, -0.1) is 0 Å². The van der Waals surface area contributed by atoms with E-state index in [-0.39, 0.29) is 11.8 Å². The van der Waals surface area contributed by atoms with Crippen molar-refractivity contribution in [2.45, 2.75) is 92.9 Å². The Bertz CT molecular complexity index is 3740. The molecule has 76 heavy (non-hydrogen) atoms. The molecule has 0 saturated carbocycles. The molecule has 0 amide bonds. The lowest BCUT2D eigenvalue weighted by Gasteiger charge is -2.16. The molecule has 4 heterocycles. The highest BCUT2D eigenvalue weighted by atomic mass is 16.5. The molecule has 2 aliphatic carbocycles. The number of hydrogen-bond acceptors (Lipinski definition) is 6. The van der Waals surface area contributed by atoms with E-state index in [1.807, 2.05) is 12.1 Å². The molecule has 6 heteroatoms. The maximum absolute atomic E-state index is 6.67. The normalized spacial score (nSPS) is 13.1. The van der Waals surface area contributed by atoms with Crippen molar-refractivity contribution in [1.82, 2.24) is 19.9 Å². The van der Waals surface area contributed by atoms with E-state index >= 15 is 0 Å². The third-order valence-corrected chi connectivity index (χ3v) is 14.6. The third-order valence-electron chi connectivity index (χ3n) is 14.6. The molecule has 4 aromatic heterocycles. The summed E-state index contributed by atoms with van der Waals surface area (Å²) in [7, 11) is 0. The fraction of sp³-hybridized carbons (Fsp3) is 0.229. The van der Waals surface area contributed by atoms with Gasteiger partial charge in [-0.25, -0.2) is 19.9 Å². The van der Waals surface area contributed by atoms with E-state index in [1.54, 1.807) is 0 Å². The number of aromatic nitrogens is 4. The molecule has 0 saturated heterocycles. The smallest absolute Gasteiger partial charge is 0.136 e. The quantitative estimate of drug-likeness (QED) is 0.0690. The van der Waals surface area contributed by atoms with E-state index in [9.17, 15) is 0 Å². The lowest BCUT2D eigenvalue weighted by atomic mass is 9.93. The fourth-order valence-corrected chi connectivity index (χ4v) is 10.9. The van der Waals surface area contributed by atoms with Crippen LogP contribution in [0.5, 0.6) is 11.5 Å². The summed E-state index contributed by atoms with van der Waals surface area (Å²) in [6.07, 6.45) is 20.8. The standard InChI is InChI=1S/C70H62N4O2/c1-9-11-33-75-61-41-54(24-28-56-40-58-26-22-52-30-32-60(50-19-15-16-20-50)72-68(52)70(58)74-66(56)64-47(7)37-44(4)38-48(64)8)62(76-34-12-10-2)42-53(61)23-27-55-39-57-25-21-51-29-31-59(49-17-13-14-18-49)71-67(51)69(57)73-65(55)63-45(5)35-43(3)36-46(63)6/h13-22,25-26,29-32,35-42,49-50H,9-12,33-34H2,1-8H3. The fourth-order valence-electron chi connectivity index (χ4n) is 10.9. The number of ether oxygens (including phenoxy) is 2. The SMILES string of the molecule is CCCCOc1cc(C#Cc2cc3ccc4ccc(C5C=CC=C5)nc4c3nc2-c2c(C)cc(C)cc2C)c(OCCCC)cc1C#Cc1cc2ccc3ccc(C4C=CC=C4)nc3c2nc1-c1c(C)cc(C)cc1C. The van der Waals surface area contributed by atoms with Crippen LogP contribution in [-0.2, 0) is 0 Å². The number of hydrogen-bond donors (Lipinski definition) is 0. The van der Waals surface area contributed by atoms with Gasteiger partial charge in [0, 0.05) is 56.6 Å². The maximum atomic E-state index is 6.67. The molecule has 11 rings (SSSR count). The van der Waals surface area contributed by atoms with E-state index < -0.39 is 0 Å². The van der Waals surface area contributed by atoms with Gasteiger partial charge in [0.2, 0.25) is 0 Å². The van der Waals surface area contributed by atoms with Crippen LogP contribution in [-0.4, -0.2) is 33.1 Å². The van der Waals surface area contributed by atoms with Crippen molar-refractivity contribution >= 4 is 43.6 Å². The van der Waals surface area contributed by atoms with Crippen molar-refractivity contribution in [1.29, 1.82) is 0 Å². The van der Waals surface area contributed by atoms with Crippen molar-refractivity contribution in [3.05, 3.63) is 213 Å². The number of fused-ring (bicyclic) bond motifs is 6. The van der Waals surface area contributed by atoms with Gasteiger partial charge >= 0.3 is 0 Å². The topological polar surface area (TPSA) is 70.0 Å². The number of unbranched alkanes of at least 4 members (excludes halogenated alkanes) is 2. The van der Waals surface area contributed by atoms with Crippen LogP contribution in [0.1, 0.15) is 118 Å². The summed E-state index contributed by atoms with van der Waals surface area (Å²) in [6, 6.07) is 34.4. The molecule has 0 fully saturated rings. The van der Waals surface area contributed by atoms with E-state index in [4.69, 9.17) is 29.4 Å². The highest BCUT2D eigenvalue weighted by Gasteiger charge is 2.21. The summed E-state index contributed by atoms with van der Waals surface area (Å²) in [5.74, 6) is 16.1. The Morgan fingerprint density at radius 1 is 0.395 bits per heavy atom. The largest absolute Gasteiger partial charge is 0.492 e. The zero-order chi connectivity index (χ0) is 52.5. The van der Waals surface area contributed by atoms with Gasteiger partial charge in [-0.3, -0.25) is 0 Å². The Morgan fingerprint density at radius 3 is 1.12 bits per heavy atom. The summed E-state index contributed by atoms with van der Waals surface area (Å²) in [4.78, 5) is 21.6. The first-order valence-corrected chi connectivity index (χ1v) is 26.9. The van der Waals surface area contributed by atoms with Crippen LogP contribution in [0.25, 0.3) is 66.1 Å². The molecule has 0 atom stereocenters. The second-order valence-corrected chi connectivity index (χ2v) is 20.5. The van der Waals surface area contributed by atoms with Gasteiger partial charge in [0.05, 0.1) is 80.3 Å². The van der Waals surface area contributed by atoms with Gasteiger partial charge in [0.15, 0.2) is 0 Å². The Labute approximate surface area is 447 Å². The van der Waals surface area contributed by atoms with Crippen molar-refractivity contribution in [2.24, 2.45) is 0 Å². The van der Waals surface area contributed by atoms with Crippen molar-refractivity contribution in [3.63, 3.8) is 0 Å². The van der Waals surface area contributed by atoms with Crippen LogP contribution >= 0.6 is 0 Å². The first kappa shape index (κ1) is 49.6. The Kier molecular flexibility index (Phi) is 13.9. The average Bonchev–Trinajstić information content (AvgIpc) is 4.24. The molecule has 0 spiro atoms. The lowest BCUT2D eigenvalue weighted by molar-refractivity contribution is 0.299. The number of benzene rings is 5. The number of rotatable bonds is 12. The summed E-state index contributed by atoms with van der Waals surface area (Å²) in [6.45, 7) is 18.4. The third kappa shape index (κ3) is 9.92. The number of nitrogens with zero attached hydrogens (tertiary/aromatic N) is 4. The first-order chi connectivity index (χ1) is 37.0. The molecular formula is C70H62N4O2. The summed E-state index contributed by atoms with van der Waals surface area (Å²) in [5, 5.41) is 4.05. The molecular weight excluding hydrogens is 929 g/mol. The van der Waals surface area contributed by atoms with Gasteiger partial charge < -0.3 is 9.47 Å².